The van der Waals surface area contributed by atoms with Gasteiger partial charge in [-0.2, -0.15) is 0 Å². The fourth-order valence-electron chi connectivity index (χ4n) is 0.470. The van der Waals surface area contributed by atoms with Gasteiger partial charge in [-0.1, -0.05) is 0 Å². The maximum atomic E-state index is 10.5. The fraction of sp³-hybridized carbons (Fsp3) is 0.400. The summed E-state index contributed by atoms with van der Waals surface area (Å²) in [7, 11) is 0. The van der Waals surface area contributed by atoms with Crippen LogP contribution in [0.4, 0.5) is 0 Å². The van der Waals surface area contributed by atoms with Crippen molar-refractivity contribution in [1.29, 1.82) is 0 Å². The molecule has 1 aliphatic heterocycles. The molecule has 44 valence electrons. The van der Waals surface area contributed by atoms with Crippen LogP contribution in [0.15, 0.2) is 11.5 Å². The first kappa shape index (κ1) is 5.69. The van der Waals surface area contributed by atoms with Gasteiger partial charge in [0.2, 0.25) is 5.91 Å². The maximum Gasteiger partial charge on any atom is 0.244 e. The van der Waals surface area contributed by atoms with Gasteiger partial charge in [0.15, 0.2) is 0 Å². The second-order valence-electron chi connectivity index (χ2n) is 1.46. The molecule has 0 fully saturated rings. The third-order valence-corrected chi connectivity index (χ3v) is 1.60. The van der Waals surface area contributed by atoms with Crippen LogP contribution in [0, 0.1) is 0 Å². The zero-order valence-electron chi connectivity index (χ0n) is 4.39. The molecule has 0 saturated carbocycles. The Balaban J connectivity index is 2.44. The summed E-state index contributed by atoms with van der Waals surface area (Å²) in [6.45, 7) is 0.788. The van der Waals surface area contributed by atoms with Gasteiger partial charge >= 0.3 is 0 Å². The molecule has 1 heterocycles. The molecule has 0 aliphatic carbocycles. The Kier molecular flexibility index (Phi) is 1.97. The van der Waals surface area contributed by atoms with E-state index in [4.69, 9.17) is 0 Å². The van der Waals surface area contributed by atoms with Crippen molar-refractivity contribution in [3.8, 4) is 0 Å². The predicted molar refractivity (Wildman–Crippen MR) is 34.6 cm³/mol. The second-order valence-corrected chi connectivity index (χ2v) is 2.48. The Morgan fingerprint density at radius 2 is 2.62 bits per heavy atom. The smallest absolute Gasteiger partial charge is 0.244 e. The number of hydrogen-bond acceptors (Lipinski definition) is 2. The van der Waals surface area contributed by atoms with E-state index in [-0.39, 0.29) is 5.91 Å². The summed E-state index contributed by atoms with van der Waals surface area (Å²) in [6, 6.07) is 0. The van der Waals surface area contributed by atoms with Crippen LogP contribution < -0.4 is 5.32 Å². The fourth-order valence-corrected chi connectivity index (χ4v) is 1.05. The van der Waals surface area contributed by atoms with Crippen molar-refractivity contribution in [2.75, 3.05) is 12.3 Å². The van der Waals surface area contributed by atoms with E-state index in [1.54, 1.807) is 17.8 Å². The first-order valence-electron chi connectivity index (χ1n) is 2.45. The molecule has 0 bridgehead atoms. The van der Waals surface area contributed by atoms with Crippen LogP contribution in [-0.2, 0) is 4.79 Å². The molecular weight excluding hydrogens is 122 g/mol. The minimum Gasteiger partial charge on any atom is -0.352 e. The van der Waals surface area contributed by atoms with Crippen molar-refractivity contribution < 1.29 is 4.79 Å². The molecule has 0 atom stereocenters. The van der Waals surface area contributed by atoms with Gasteiger partial charge in [0, 0.05) is 18.4 Å². The van der Waals surface area contributed by atoms with E-state index in [9.17, 15) is 4.79 Å². The normalized spacial score (nSPS) is 19.8. The molecule has 0 radical (unpaired) electrons. The summed E-state index contributed by atoms with van der Waals surface area (Å²) in [5, 5.41) is 4.52. The summed E-state index contributed by atoms with van der Waals surface area (Å²) in [5.74, 6) is 1.01. The summed E-state index contributed by atoms with van der Waals surface area (Å²) in [4.78, 5) is 10.5. The largest absolute Gasteiger partial charge is 0.352 e. The topological polar surface area (TPSA) is 29.1 Å². The van der Waals surface area contributed by atoms with Crippen LogP contribution in [0.5, 0.6) is 0 Å². The lowest BCUT2D eigenvalue weighted by Crippen LogP contribution is -2.21. The van der Waals surface area contributed by atoms with Crippen LogP contribution in [-0.4, -0.2) is 18.2 Å². The van der Waals surface area contributed by atoms with Crippen LogP contribution in [0.3, 0.4) is 0 Å². The third kappa shape index (κ3) is 1.58. The summed E-state index contributed by atoms with van der Waals surface area (Å²) in [5.41, 5.74) is 0. The van der Waals surface area contributed by atoms with Gasteiger partial charge in [-0.25, -0.2) is 0 Å². The number of carbonyl (C=O) groups is 1. The van der Waals surface area contributed by atoms with Crippen molar-refractivity contribution in [2.24, 2.45) is 0 Å². The van der Waals surface area contributed by atoms with Crippen molar-refractivity contribution >= 4 is 17.7 Å². The maximum absolute atomic E-state index is 10.5. The first-order valence-corrected chi connectivity index (χ1v) is 3.50. The lowest BCUT2D eigenvalue weighted by atomic mass is 10.6. The number of nitrogens with one attached hydrogen (secondary N) is 1. The average Bonchev–Trinajstić information content (AvgIpc) is 1.94. The molecule has 0 spiro atoms. The highest BCUT2D eigenvalue weighted by atomic mass is 32.2. The van der Waals surface area contributed by atoms with Gasteiger partial charge in [-0.3, -0.25) is 4.79 Å². The molecule has 0 unspecified atom stereocenters. The number of carbonyl (C=O) groups excluding carboxylic acids is 1. The highest BCUT2D eigenvalue weighted by Crippen LogP contribution is 2.01. The van der Waals surface area contributed by atoms with Crippen LogP contribution in [0.2, 0.25) is 0 Å². The van der Waals surface area contributed by atoms with Crippen LogP contribution in [0.25, 0.3) is 0 Å². The lowest BCUT2D eigenvalue weighted by molar-refractivity contribution is -0.116. The Labute approximate surface area is 52.3 Å². The standard InChI is InChI=1S/C5H7NOS/c7-5-1-3-8-4-2-6-5/h1,3H,2,4H2,(H,6,7). The molecule has 1 rings (SSSR count). The van der Waals surface area contributed by atoms with Gasteiger partial charge in [-0.15, -0.1) is 11.8 Å². The molecule has 2 nitrogen and oxygen atoms in total. The van der Waals surface area contributed by atoms with E-state index < -0.39 is 0 Å². The minimum absolute atomic E-state index is 0.0231. The molecule has 0 aromatic carbocycles. The van der Waals surface area contributed by atoms with Gasteiger partial charge in [-0.05, 0) is 5.41 Å². The van der Waals surface area contributed by atoms with Gasteiger partial charge < -0.3 is 5.32 Å². The number of hydrogen-bond donors (Lipinski definition) is 1. The van der Waals surface area contributed by atoms with Crippen LogP contribution >= 0.6 is 11.8 Å². The minimum atomic E-state index is 0.0231. The average molecular weight is 129 g/mol. The monoisotopic (exact) mass is 129 g/mol. The lowest BCUT2D eigenvalue weighted by Gasteiger charge is -1.92. The van der Waals surface area contributed by atoms with Crippen LogP contribution in [0.1, 0.15) is 0 Å². The Bertz CT molecular complexity index is 122. The van der Waals surface area contributed by atoms with Gasteiger partial charge in [0.1, 0.15) is 0 Å². The predicted octanol–water partition coefficient (Wildman–Crippen LogP) is 0.363. The number of amides is 1. The summed E-state index contributed by atoms with van der Waals surface area (Å²) < 4.78 is 0. The first-order chi connectivity index (χ1) is 3.89. The van der Waals surface area contributed by atoms with Crippen molar-refractivity contribution in [1.82, 2.24) is 5.32 Å². The molecular formula is C5H7NOS. The molecule has 1 amide bonds. The zero-order chi connectivity index (χ0) is 5.82. The molecule has 1 aliphatic rings. The number of thioether (sulfide) groups is 1. The Morgan fingerprint density at radius 1 is 1.75 bits per heavy atom. The summed E-state index contributed by atoms with van der Waals surface area (Å²) in [6.07, 6.45) is 1.55. The molecule has 8 heavy (non-hydrogen) atoms. The van der Waals surface area contributed by atoms with Gasteiger partial charge in [0.25, 0.3) is 0 Å². The van der Waals surface area contributed by atoms with Crippen molar-refractivity contribution in [3.05, 3.63) is 11.5 Å². The quantitative estimate of drug-likeness (QED) is 0.511. The zero-order valence-corrected chi connectivity index (χ0v) is 5.20. The third-order valence-electron chi connectivity index (χ3n) is 0.835. The molecule has 0 aromatic rings. The van der Waals surface area contributed by atoms with E-state index in [0.717, 1.165) is 12.3 Å². The SMILES string of the molecule is O=C1C=CSCCN1. The molecule has 3 heteroatoms. The summed E-state index contributed by atoms with van der Waals surface area (Å²) >= 11 is 1.66. The Morgan fingerprint density at radius 3 is 3.50 bits per heavy atom. The van der Waals surface area contributed by atoms with E-state index in [2.05, 4.69) is 5.32 Å². The molecule has 0 aromatic heterocycles. The highest BCUT2D eigenvalue weighted by Gasteiger charge is 1.96. The highest BCUT2D eigenvalue weighted by molar-refractivity contribution is 8.02. The second kappa shape index (κ2) is 2.77. The van der Waals surface area contributed by atoms with E-state index in [0.29, 0.717) is 0 Å². The molecule has 0 saturated heterocycles. The van der Waals surface area contributed by atoms with Gasteiger partial charge in [0.05, 0.1) is 0 Å². The van der Waals surface area contributed by atoms with E-state index in [1.165, 1.54) is 0 Å². The number of rotatable bonds is 0. The van der Waals surface area contributed by atoms with E-state index >= 15 is 0 Å². The van der Waals surface area contributed by atoms with Crippen molar-refractivity contribution in [3.63, 3.8) is 0 Å². The van der Waals surface area contributed by atoms with Crippen molar-refractivity contribution in [2.45, 2.75) is 0 Å². The molecule has 1 N–H and O–H groups in total. The Hall–Kier alpha value is -0.440. The van der Waals surface area contributed by atoms with E-state index in [1.807, 2.05) is 5.41 Å².